The van der Waals surface area contributed by atoms with Crippen molar-refractivity contribution in [1.29, 1.82) is 0 Å². The van der Waals surface area contributed by atoms with E-state index >= 15 is 0 Å². The van der Waals surface area contributed by atoms with E-state index in [0.29, 0.717) is 19.5 Å². The highest BCUT2D eigenvalue weighted by molar-refractivity contribution is 5.87. The fourth-order valence-corrected chi connectivity index (χ4v) is 3.93. The van der Waals surface area contributed by atoms with Gasteiger partial charge in [-0.2, -0.15) is 0 Å². The molecule has 2 aromatic carbocycles. The Kier molecular flexibility index (Phi) is 8.69. The van der Waals surface area contributed by atoms with E-state index in [0.717, 1.165) is 30.6 Å². The van der Waals surface area contributed by atoms with E-state index in [2.05, 4.69) is 36.6 Å². The number of urea groups is 1. The summed E-state index contributed by atoms with van der Waals surface area (Å²) in [4.78, 5) is 27.3. The average Bonchev–Trinajstić information content (AvgIpc) is 2.81. The van der Waals surface area contributed by atoms with Gasteiger partial charge in [-0.15, -0.1) is 0 Å². The Labute approximate surface area is 195 Å². The van der Waals surface area contributed by atoms with Crippen molar-refractivity contribution in [3.05, 3.63) is 65.0 Å². The van der Waals surface area contributed by atoms with Gasteiger partial charge >= 0.3 is 6.03 Å². The summed E-state index contributed by atoms with van der Waals surface area (Å²) in [6.45, 7) is 7.61. The Bertz CT molecular complexity index is 940. The zero-order chi connectivity index (χ0) is 23.8. The summed E-state index contributed by atoms with van der Waals surface area (Å²) in [6.07, 6.45) is 2.94. The molecule has 1 atom stereocenters. The van der Waals surface area contributed by atoms with Gasteiger partial charge in [-0.25, -0.2) is 9.18 Å². The van der Waals surface area contributed by atoms with Crippen LogP contribution in [0.3, 0.4) is 0 Å². The number of rotatable bonds is 8. The van der Waals surface area contributed by atoms with E-state index in [1.807, 2.05) is 17.9 Å². The lowest BCUT2D eigenvalue weighted by Gasteiger charge is -2.34. The number of nitrogens with one attached hydrogen (secondary N) is 2. The smallest absolute Gasteiger partial charge is 0.315 e. The normalized spacial score (nSPS) is 15.1. The lowest BCUT2D eigenvalue weighted by molar-refractivity contribution is -0.135. The zero-order valence-corrected chi connectivity index (χ0v) is 19.7. The number of nitrogens with zero attached hydrogens (tertiary/aromatic N) is 1. The van der Waals surface area contributed by atoms with Gasteiger partial charge in [0, 0.05) is 32.5 Å². The van der Waals surface area contributed by atoms with Gasteiger partial charge in [0.05, 0.1) is 0 Å². The van der Waals surface area contributed by atoms with Crippen molar-refractivity contribution >= 4 is 11.9 Å². The maximum absolute atomic E-state index is 13.1. The molecule has 2 aromatic rings. The lowest BCUT2D eigenvalue weighted by atomic mass is 10.0. The first-order valence-electron chi connectivity index (χ1n) is 11.7. The third-order valence-electron chi connectivity index (χ3n) is 6.08. The summed E-state index contributed by atoms with van der Waals surface area (Å²) in [6, 6.07) is 11.1. The van der Waals surface area contributed by atoms with Crippen LogP contribution < -0.4 is 15.4 Å². The van der Waals surface area contributed by atoms with E-state index in [9.17, 15) is 14.0 Å². The predicted octanol–water partition coefficient (Wildman–Crippen LogP) is 4.48. The minimum atomic E-state index is -0.569. The molecule has 1 aliphatic heterocycles. The number of amides is 3. The van der Waals surface area contributed by atoms with Crippen molar-refractivity contribution in [3.63, 3.8) is 0 Å². The van der Waals surface area contributed by atoms with Crippen LogP contribution in [0.4, 0.5) is 9.18 Å². The van der Waals surface area contributed by atoms with Crippen LogP contribution in [0.25, 0.3) is 0 Å². The Balaban J connectivity index is 1.48. The Morgan fingerprint density at radius 2 is 1.79 bits per heavy atom. The zero-order valence-electron chi connectivity index (χ0n) is 19.7. The maximum atomic E-state index is 13.1. The van der Waals surface area contributed by atoms with Crippen LogP contribution in [0.1, 0.15) is 49.3 Å². The molecular formula is C26H34FN3O3. The van der Waals surface area contributed by atoms with Crippen LogP contribution >= 0.6 is 0 Å². The van der Waals surface area contributed by atoms with Crippen LogP contribution in [0.5, 0.6) is 5.75 Å². The number of hydrogen-bond acceptors (Lipinski definition) is 3. The molecule has 33 heavy (non-hydrogen) atoms. The highest BCUT2D eigenvalue weighted by Crippen LogP contribution is 2.22. The summed E-state index contributed by atoms with van der Waals surface area (Å²) < 4.78 is 19.2. The topological polar surface area (TPSA) is 70.7 Å². The minimum Gasteiger partial charge on any atom is -0.490 e. The van der Waals surface area contributed by atoms with Gasteiger partial charge in [0.15, 0.2) is 0 Å². The molecule has 0 radical (unpaired) electrons. The summed E-state index contributed by atoms with van der Waals surface area (Å²) >= 11 is 0. The molecule has 0 saturated carbocycles. The standard InChI is InChI=1S/C26H34FN3O3/c1-4-5-24(29-26(32)28-17-20-7-9-21(27)10-8-20)25(31)30-14-12-22(13-15-30)33-23-11-6-18(2)19(3)16-23/h6-11,16,22,24H,4-5,12-15,17H2,1-3H3,(H2,28,29,32). The number of piperidine rings is 1. The fraction of sp³-hybridized carbons (Fsp3) is 0.462. The van der Waals surface area contributed by atoms with Crippen LogP contribution in [0.15, 0.2) is 42.5 Å². The molecule has 1 unspecified atom stereocenters. The Morgan fingerprint density at radius 1 is 1.09 bits per heavy atom. The van der Waals surface area contributed by atoms with Crippen LogP contribution in [0, 0.1) is 19.7 Å². The molecule has 2 N–H and O–H groups in total. The Hall–Kier alpha value is -3.09. The number of carbonyl (C=O) groups is 2. The largest absolute Gasteiger partial charge is 0.490 e. The molecule has 7 heteroatoms. The monoisotopic (exact) mass is 455 g/mol. The van der Waals surface area contributed by atoms with Gasteiger partial charge in [-0.05, 0) is 61.2 Å². The second kappa shape index (κ2) is 11.7. The van der Waals surface area contributed by atoms with E-state index in [1.165, 1.54) is 23.3 Å². The lowest BCUT2D eigenvalue weighted by Crippen LogP contribution is -2.53. The van der Waals surface area contributed by atoms with Gasteiger partial charge in [-0.1, -0.05) is 31.5 Å². The molecule has 0 spiro atoms. The van der Waals surface area contributed by atoms with Gasteiger partial charge in [-0.3, -0.25) is 4.79 Å². The van der Waals surface area contributed by atoms with Crippen LogP contribution in [-0.2, 0) is 11.3 Å². The second-order valence-electron chi connectivity index (χ2n) is 8.68. The molecule has 178 valence electrons. The van der Waals surface area contributed by atoms with Crippen molar-refractivity contribution in [1.82, 2.24) is 15.5 Å². The quantitative estimate of drug-likeness (QED) is 0.617. The van der Waals surface area contributed by atoms with Gasteiger partial charge in [0.2, 0.25) is 5.91 Å². The molecule has 6 nitrogen and oxygen atoms in total. The summed E-state index contributed by atoms with van der Waals surface area (Å²) in [5, 5.41) is 5.56. The first-order chi connectivity index (χ1) is 15.9. The second-order valence-corrected chi connectivity index (χ2v) is 8.68. The predicted molar refractivity (Wildman–Crippen MR) is 127 cm³/mol. The molecule has 1 fully saturated rings. The van der Waals surface area contributed by atoms with E-state index < -0.39 is 12.1 Å². The third kappa shape index (κ3) is 7.20. The summed E-state index contributed by atoms with van der Waals surface area (Å²) in [5.74, 6) is 0.490. The molecule has 1 aliphatic rings. The fourth-order valence-electron chi connectivity index (χ4n) is 3.93. The van der Waals surface area contributed by atoms with Crippen molar-refractivity contribution in [2.45, 2.75) is 65.1 Å². The van der Waals surface area contributed by atoms with E-state index in [1.54, 1.807) is 12.1 Å². The molecule has 3 rings (SSSR count). The number of benzene rings is 2. The number of carbonyl (C=O) groups excluding carboxylic acids is 2. The van der Waals surface area contributed by atoms with Crippen LogP contribution in [0.2, 0.25) is 0 Å². The molecule has 0 bridgehead atoms. The number of ether oxygens (including phenoxy) is 1. The van der Waals surface area contributed by atoms with Crippen molar-refractivity contribution < 1.29 is 18.7 Å². The average molecular weight is 456 g/mol. The maximum Gasteiger partial charge on any atom is 0.315 e. The highest BCUT2D eigenvalue weighted by atomic mass is 19.1. The molecule has 3 amide bonds. The van der Waals surface area contributed by atoms with Crippen molar-refractivity contribution in [2.24, 2.45) is 0 Å². The number of likely N-dealkylation sites (tertiary alicyclic amines) is 1. The number of hydrogen-bond donors (Lipinski definition) is 2. The SMILES string of the molecule is CCCC(NC(=O)NCc1ccc(F)cc1)C(=O)N1CCC(Oc2ccc(C)c(C)c2)CC1. The van der Waals surface area contributed by atoms with Crippen molar-refractivity contribution in [2.75, 3.05) is 13.1 Å². The third-order valence-corrected chi connectivity index (χ3v) is 6.08. The van der Waals surface area contributed by atoms with Crippen LogP contribution in [-0.4, -0.2) is 42.1 Å². The molecular weight excluding hydrogens is 421 g/mol. The van der Waals surface area contributed by atoms with Gasteiger partial charge in [0.1, 0.15) is 23.7 Å². The van der Waals surface area contributed by atoms with Gasteiger partial charge in [0.25, 0.3) is 0 Å². The molecule has 0 aliphatic carbocycles. The summed E-state index contributed by atoms with van der Waals surface area (Å²) in [5.41, 5.74) is 3.22. The van der Waals surface area contributed by atoms with E-state index in [4.69, 9.17) is 4.74 Å². The molecule has 0 aromatic heterocycles. The van der Waals surface area contributed by atoms with E-state index in [-0.39, 0.29) is 24.4 Å². The number of aryl methyl sites for hydroxylation is 2. The van der Waals surface area contributed by atoms with Gasteiger partial charge < -0.3 is 20.3 Å². The van der Waals surface area contributed by atoms with Crippen molar-refractivity contribution in [3.8, 4) is 5.75 Å². The minimum absolute atomic E-state index is 0.0570. The molecule has 1 heterocycles. The first kappa shape index (κ1) is 24.6. The number of halogens is 1. The summed E-state index contributed by atoms with van der Waals surface area (Å²) in [7, 11) is 0. The Morgan fingerprint density at radius 3 is 2.42 bits per heavy atom. The first-order valence-corrected chi connectivity index (χ1v) is 11.7. The highest BCUT2D eigenvalue weighted by Gasteiger charge is 2.29. The molecule has 1 saturated heterocycles.